The first-order valence-corrected chi connectivity index (χ1v) is 7.50. The minimum Gasteiger partial charge on any atom is -0.480 e. The lowest BCUT2D eigenvalue weighted by atomic mass is 9.70. The summed E-state index contributed by atoms with van der Waals surface area (Å²) >= 11 is 0. The van der Waals surface area contributed by atoms with Crippen molar-refractivity contribution >= 4 is 5.97 Å². The maximum Gasteiger partial charge on any atom is 0.317 e. The van der Waals surface area contributed by atoms with Gasteiger partial charge in [0, 0.05) is 5.54 Å². The summed E-state index contributed by atoms with van der Waals surface area (Å²) in [7, 11) is 0. The molecular formula is C15H28N2O2. The van der Waals surface area contributed by atoms with E-state index in [1.807, 2.05) is 0 Å². The molecule has 2 fully saturated rings. The predicted octanol–water partition coefficient (Wildman–Crippen LogP) is 2.05. The molecule has 0 amide bonds. The molecule has 0 aromatic rings. The SMILES string of the molecule is CC(C)(C)N1CCC2(CCN(CC(=O)O)CC2)CC1. The highest BCUT2D eigenvalue weighted by Gasteiger charge is 2.39. The third-order valence-corrected chi connectivity index (χ3v) is 5.05. The zero-order valence-electron chi connectivity index (χ0n) is 12.6. The number of hydrogen-bond donors (Lipinski definition) is 1. The molecule has 4 nitrogen and oxygen atoms in total. The van der Waals surface area contributed by atoms with Crippen molar-refractivity contribution in [2.45, 2.75) is 52.0 Å². The quantitative estimate of drug-likeness (QED) is 0.832. The zero-order valence-corrected chi connectivity index (χ0v) is 12.6. The smallest absolute Gasteiger partial charge is 0.317 e. The second-order valence-corrected chi connectivity index (χ2v) is 7.33. The molecule has 2 aliphatic heterocycles. The summed E-state index contributed by atoms with van der Waals surface area (Å²) in [6, 6.07) is 0. The van der Waals surface area contributed by atoms with Gasteiger partial charge in [0.05, 0.1) is 6.54 Å². The van der Waals surface area contributed by atoms with Gasteiger partial charge in [-0.3, -0.25) is 14.6 Å². The molecule has 2 heterocycles. The van der Waals surface area contributed by atoms with Crippen molar-refractivity contribution in [2.75, 3.05) is 32.7 Å². The molecule has 110 valence electrons. The van der Waals surface area contributed by atoms with Gasteiger partial charge >= 0.3 is 5.97 Å². The molecule has 0 bridgehead atoms. The van der Waals surface area contributed by atoms with Gasteiger partial charge in [0.2, 0.25) is 0 Å². The van der Waals surface area contributed by atoms with Crippen LogP contribution in [0.15, 0.2) is 0 Å². The van der Waals surface area contributed by atoms with Crippen LogP contribution in [0.1, 0.15) is 46.5 Å². The maximum atomic E-state index is 10.7. The topological polar surface area (TPSA) is 43.8 Å². The van der Waals surface area contributed by atoms with Gasteiger partial charge in [-0.2, -0.15) is 0 Å². The van der Waals surface area contributed by atoms with Gasteiger partial charge in [0.25, 0.3) is 0 Å². The molecule has 0 aromatic carbocycles. The van der Waals surface area contributed by atoms with E-state index in [-0.39, 0.29) is 12.1 Å². The number of aliphatic carboxylic acids is 1. The Kier molecular flexibility index (Phi) is 4.21. The number of carboxylic acid groups (broad SMARTS) is 1. The van der Waals surface area contributed by atoms with Gasteiger partial charge in [-0.25, -0.2) is 0 Å². The lowest BCUT2D eigenvalue weighted by Crippen LogP contribution is -2.52. The van der Waals surface area contributed by atoms with Gasteiger partial charge in [0.1, 0.15) is 0 Å². The van der Waals surface area contributed by atoms with Crippen LogP contribution in [0.5, 0.6) is 0 Å². The monoisotopic (exact) mass is 268 g/mol. The Morgan fingerprint density at radius 3 is 1.95 bits per heavy atom. The molecule has 2 aliphatic rings. The first-order valence-electron chi connectivity index (χ1n) is 7.50. The standard InChI is InChI=1S/C15H28N2O2/c1-14(2,3)17-10-6-15(7-11-17)4-8-16(9-5-15)12-13(18)19/h4-12H2,1-3H3,(H,18,19). The third-order valence-electron chi connectivity index (χ3n) is 5.05. The fourth-order valence-corrected chi connectivity index (χ4v) is 3.53. The van der Waals surface area contributed by atoms with E-state index in [1.54, 1.807) is 0 Å². The Morgan fingerprint density at radius 2 is 1.53 bits per heavy atom. The normalized spacial score (nSPS) is 25.6. The van der Waals surface area contributed by atoms with Crippen molar-refractivity contribution in [1.82, 2.24) is 9.80 Å². The van der Waals surface area contributed by atoms with Crippen LogP contribution in [0.4, 0.5) is 0 Å². The average molecular weight is 268 g/mol. The fraction of sp³-hybridized carbons (Fsp3) is 0.933. The van der Waals surface area contributed by atoms with Crippen LogP contribution in [-0.2, 0) is 4.79 Å². The van der Waals surface area contributed by atoms with E-state index in [0.29, 0.717) is 5.41 Å². The summed E-state index contributed by atoms with van der Waals surface area (Å²) in [5.74, 6) is -0.696. The molecule has 1 spiro atoms. The number of carboxylic acids is 1. The highest BCUT2D eigenvalue weighted by atomic mass is 16.4. The average Bonchev–Trinajstić information content (AvgIpc) is 2.31. The molecule has 0 aromatic heterocycles. The van der Waals surface area contributed by atoms with Crippen LogP contribution in [0.25, 0.3) is 0 Å². The summed E-state index contributed by atoms with van der Waals surface area (Å²) in [5.41, 5.74) is 0.780. The van der Waals surface area contributed by atoms with E-state index >= 15 is 0 Å². The molecule has 2 saturated heterocycles. The van der Waals surface area contributed by atoms with Crippen molar-refractivity contribution in [3.63, 3.8) is 0 Å². The van der Waals surface area contributed by atoms with Crippen LogP contribution in [0.3, 0.4) is 0 Å². The number of hydrogen-bond acceptors (Lipinski definition) is 3. The van der Waals surface area contributed by atoms with Crippen molar-refractivity contribution in [2.24, 2.45) is 5.41 Å². The van der Waals surface area contributed by atoms with Crippen molar-refractivity contribution < 1.29 is 9.90 Å². The van der Waals surface area contributed by atoms with E-state index in [9.17, 15) is 4.79 Å². The maximum absolute atomic E-state index is 10.7. The van der Waals surface area contributed by atoms with Crippen molar-refractivity contribution in [1.29, 1.82) is 0 Å². The Hall–Kier alpha value is -0.610. The molecule has 2 rings (SSSR count). The highest BCUT2D eigenvalue weighted by Crippen LogP contribution is 2.42. The molecule has 0 atom stereocenters. The summed E-state index contributed by atoms with van der Waals surface area (Å²) in [6.07, 6.45) is 4.92. The third kappa shape index (κ3) is 3.69. The Morgan fingerprint density at radius 1 is 1.05 bits per heavy atom. The number of rotatable bonds is 2. The second-order valence-electron chi connectivity index (χ2n) is 7.33. The lowest BCUT2D eigenvalue weighted by Gasteiger charge is -2.49. The predicted molar refractivity (Wildman–Crippen MR) is 76.3 cm³/mol. The van der Waals surface area contributed by atoms with Gasteiger partial charge in [-0.05, 0) is 78.0 Å². The van der Waals surface area contributed by atoms with Crippen LogP contribution >= 0.6 is 0 Å². The minimum atomic E-state index is -0.696. The summed E-state index contributed by atoms with van der Waals surface area (Å²) in [6.45, 7) is 11.4. The van der Waals surface area contributed by atoms with E-state index in [2.05, 4.69) is 30.6 Å². The van der Waals surface area contributed by atoms with Gasteiger partial charge < -0.3 is 5.11 Å². The fourth-order valence-electron chi connectivity index (χ4n) is 3.53. The minimum absolute atomic E-state index is 0.212. The van der Waals surface area contributed by atoms with Gasteiger partial charge in [0.15, 0.2) is 0 Å². The Balaban J connectivity index is 1.83. The van der Waals surface area contributed by atoms with E-state index in [4.69, 9.17) is 5.11 Å². The van der Waals surface area contributed by atoms with E-state index < -0.39 is 5.97 Å². The van der Waals surface area contributed by atoms with Crippen LogP contribution in [-0.4, -0.2) is 59.1 Å². The molecule has 19 heavy (non-hydrogen) atoms. The molecule has 4 heteroatoms. The number of piperidine rings is 2. The van der Waals surface area contributed by atoms with Crippen LogP contribution in [0, 0.1) is 5.41 Å². The number of likely N-dealkylation sites (tertiary alicyclic amines) is 2. The molecule has 0 radical (unpaired) electrons. The molecule has 0 unspecified atom stereocenters. The first kappa shape index (κ1) is 14.8. The molecule has 0 aliphatic carbocycles. The largest absolute Gasteiger partial charge is 0.480 e. The second kappa shape index (κ2) is 5.41. The molecular weight excluding hydrogens is 240 g/mol. The van der Waals surface area contributed by atoms with Crippen molar-refractivity contribution in [3.8, 4) is 0 Å². The van der Waals surface area contributed by atoms with E-state index in [1.165, 1.54) is 38.8 Å². The highest BCUT2D eigenvalue weighted by molar-refractivity contribution is 5.69. The van der Waals surface area contributed by atoms with Crippen LogP contribution in [0.2, 0.25) is 0 Å². The molecule has 0 saturated carbocycles. The summed E-state index contributed by atoms with van der Waals surface area (Å²) in [4.78, 5) is 15.4. The number of carbonyl (C=O) groups is 1. The van der Waals surface area contributed by atoms with Crippen molar-refractivity contribution in [3.05, 3.63) is 0 Å². The van der Waals surface area contributed by atoms with E-state index in [0.717, 1.165) is 13.1 Å². The zero-order chi connectivity index (χ0) is 14.1. The number of nitrogens with zero attached hydrogens (tertiary/aromatic N) is 2. The Bertz CT molecular complexity index is 318. The summed E-state index contributed by atoms with van der Waals surface area (Å²) in [5, 5.41) is 8.84. The summed E-state index contributed by atoms with van der Waals surface area (Å²) < 4.78 is 0. The Labute approximate surface area is 116 Å². The lowest BCUT2D eigenvalue weighted by molar-refractivity contribution is -0.139. The molecule has 1 N–H and O–H groups in total. The van der Waals surface area contributed by atoms with Gasteiger partial charge in [-0.15, -0.1) is 0 Å². The van der Waals surface area contributed by atoms with Gasteiger partial charge in [-0.1, -0.05) is 0 Å². The van der Waals surface area contributed by atoms with Crippen LogP contribution < -0.4 is 0 Å². The first-order chi connectivity index (χ1) is 8.81.